The summed E-state index contributed by atoms with van der Waals surface area (Å²) in [6.07, 6.45) is 3.55. The summed E-state index contributed by atoms with van der Waals surface area (Å²) in [5.74, 6) is -0.135. The maximum atomic E-state index is 11.1. The zero-order valence-corrected chi connectivity index (χ0v) is 7.88. The first kappa shape index (κ1) is 9.52. The molecule has 1 saturated heterocycles. The molecule has 0 N–H and O–H groups in total. The number of carbonyl (C=O) groups is 1. The summed E-state index contributed by atoms with van der Waals surface area (Å²) >= 11 is 0. The van der Waals surface area contributed by atoms with Crippen molar-refractivity contribution < 1.29 is 9.63 Å². The van der Waals surface area contributed by atoms with Crippen LogP contribution in [0.5, 0.6) is 0 Å². The van der Waals surface area contributed by atoms with Crippen LogP contribution in [0.3, 0.4) is 0 Å². The van der Waals surface area contributed by atoms with Crippen LogP contribution in [0.25, 0.3) is 0 Å². The Hall–Kier alpha value is -0.570. The van der Waals surface area contributed by atoms with Crippen LogP contribution in [0, 0.1) is 5.92 Å². The summed E-state index contributed by atoms with van der Waals surface area (Å²) in [4.78, 5) is 16.3. The molecule has 1 heterocycles. The van der Waals surface area contributed by atoms with E-state index < -0.39 is 0 Å². The summed E-state index contributed by atoms with van der Waals surface area (Å²) in [6, 6.07) is 0. The fraction of sp³-hybridized carbons (Fsp3) is 0.889. The molecule has 1 fully saturated rings. The van der Waals surface area contributed by atoms with E-state index >= 15 is 0 Å². The monoisotopic (exact) mass is 171 g/mol. The third kappa shape index (κ3) is 2.81. The third-order valence-electron chi connectivity index (χ3n) is 2.01. The smallest absolute Gasteiger partial charge is 0.327 e. The van der Waals surface area contributed by atoms with Crippen molar-refractivity contribution in [3.05, 3.63) is 0 Å². The van der Waals surface area contributed by atoms with E-state index in [9.17, 15) is 4.79 Å². The number of nitrogens with zero attached hydrogens (tertiary/aromatic N) is 1. The molecule has 0 spiro atoms. The van der Waals surface area contributed by atoms with Crippen molar-refractivity contribution in [2.24, 2.45) is 5.92 Å². The molecule has 0 bridgehead atoms. The molecule has 0 aliphatic carbocycles. The van der Waals surface area contributed by atoms with Gasteiger partial charge in [0.1, 0.15) is 0 Å². The normalized spacial score (nSPS) is 19.6. The second-order valence-electron chi connectivity index (χ2n) is 3.55. The van der Waals surface area contributed by atoms with Crippen molar-refractivity contribution in [1.29, 1.82) is 0 Å². The van der Waals surface area contributed by atoms with Gasteiger partial charge in [-0.05, 0) is 12.8 Å². The highest BCUT2D eigenvalue weighted by molar-refractivity contribution is 5.71. The molecule has 0 amide bonds. The van der Waals surface area contributed by atoms with Crippen molar-refractivity contribution in [1.82, 2.24) is 5.06 Å². The molecule has 0 aromatic heterocycles. The van der Waals surface area contributed by atoms with Crippen LogP contribution in [0.15, 0.2) is 0 Å². The molecule has 12 heavy (non-hydrogen) atoms. The highest BCUT2D eigenvalue weighted by Gasteiger charge is 2.16. The van der Waals surface area contributed by atoms with Crippen LogP contribution in [0.1, 0.15) is 33.1 Å². The highest BCUT2D eigenvalue weighted by Crippen LogP contribution is 2.10. The first-order valence-electron chi connectivity index (χ1n) is 4.67. The van der Waals surface area contributed by atoms with Gasteiger partial charge in [-0.3, -0.25) is 4.79 Å². The van der Waals surface area contributed by atoms with E-state index in [1.165, 1.54) is 6.42 Å². The van der Waals surface area contributed by atoms with Crippen LogP contribution in [0.4, 0.5) is 0 Å². The van der Waals surface area contributed by atoms with E-state index in [0.717, 1.165) is 25.9 Å². The number of hydrogen-bond acceptors (Lipinski definition) is 3. The first-order valence-corrected chi connectivity index (χ1v) is 4.67. The highest BCUT2D eigenvalue weighted by atomic mass is 16.7. The molecule has 3 nitrogen and oxygen atoms in total. The Morgan fingerprint density at radius 2 is 1.83 bits per heavy atom. The Morgan fingerprint density at radius 3 is 2.33 bits per heavy atom. The summed E-state index contributed by atoms with van der Waals surface area (Å²) in [7, 11) is 0. The molecule has 1 aliphatic heterocycles. The lowest BCUT2D eigenvalue weighted by Crippen LogP contribution is -2.33. The molecule has 3 heteroatoms. The minimum Gasteiger partial charge on any atom is -0.368 e. The SMILES string of the molecule is CC(C)C(=O)ON1CCCCC1. The van der Waals surface area contributed by atoms with Gasteiger partial charge in [0.25, 0.3) is 0 Å². The summed E-state index contributed by atoms with van der Waals surface area (Å²) in [6.45, 7) is 5.51. The van der Waals surface area contributed by atoms with Crippen molar-refractivity contribution in [2.45, 2.75) is 33.1 Å². The minimum atomic E-state index is -0.114. The molecule has 0 atom stereocenters. The predicted octanol–water partition coefficient (Wildman–Crippen LogP) is 1.59. The molecular formula is C9H17NO2. The number of piperidine rings is 1. The Bertz CT molecular complexity index is 151. The molecule has 0 radical (unpaired) electrons. The summed E-state index contributed by atoms with van der Waals surface area (Å²) in [5.41, 5.74) is 0. The molecule has 1 rings (SSSR count). The van der Waals surface area contributed by atoms with Crippen LogP contribution in [-0.2, 0) is 9.63 Å². The average Bonchev–Trinajstić information content (AvgIpc) is 2.06. The van der Waals surface area contributed by atoms with Gasteiger partial charge in [-0.15, -0.1) is 5.06 Å². The maximum Gasteiger partial charge on any atom is 0.327 e. The van der Waals surface area contributed by atoms with Crippen molar-refractivity contribution >= 4 is 5.97 Å². The van der Waals surface area contributed by atoms with Crippen LogP contribution in [-0.4, -0.2) is 24.1 Å². The lowest BCUT2D eigenvalue weighted by atomic mass is 10.2. The molecule has 0 unspecified atom stereocenters. The van der Waals surface area contributed by atoms with Gasteiger partial charge in [-0.25, -0.2) is 0 Å². The Morgan fingerprint density at radius 1 is 1.25 bits per heavy atom. The maximum absolute atomic E-state index is 11.1. The fourth-order valence-corrected chi connectivity index (χ4v) is 1.19. The molecule has 1 aliphatic rings. The van der Waals surface area contributed by atoms with Crippen molar-refractivity contribution in [3.63, 3.8) is 0 Å². The van der Waals surface area contributed by atoms with E-state index in [0.29, 0.717) is 0 Å². The fourth-order valence-electron chi connectivity index (χ4n) is 1.19. The molecular weight excluding hydrogens is 154 g/mol. The zero-order valence-electron chi connectivity index (χ0n) is 7.88. The van der Waals surface area contributed by atoms with Gasteiger partial charge >= 0.3 is 5.97 Å². The quantitative estimate of drug-likeness (QED) is 0.632. The number of rotatable bonds is 2. The lowest BCUT2D eigenvalue weighted by molar-refractivity contribution is -0.198. The van der Waals surface area contributed by atoms with Gasteiger partial charge in [0.15, 0.2) is 0 Å². The number of hydrogen-bond donors (Lipinski definition) is 0. The lowest BCUT2D eigenvalue weighted by Gasteiger charge is -2.25. The van der Waals surface area contributed by atoms with Gasteiger partial charge in [-0.2, -0.15) is 0 Å². The number of hydroxylamine groups is 2. The van der Waals surface area contributed by atoms with Gasteiger partial charge in [-0.1, -0.05) is 20.3 Å². The molecule has 0 aromatic rings. The van der Waals surface area contributed by atoms with Gasteiger partial charge in [0, 0.05) is 13.1 Å². The second-order valence-corrected chi connectivity index (χ2v) is 3.55. The van der Waals surface area contributed by atoms with Crippen LogP contribution in [0.2, 0.25) is 0 Å². The zero-order chi connectivity index (χ0) is 8.97. The van der Waals surface area contributed by atoms with E-state index in [4.69, 9.17) is 4.84 Å². The van der Waals surface area contributed by atoms with Crippen molar-refractivity contribution in [2.75, 3.05) is 13.1 Å². The Kier molecular flexibility index (Phi) is 3.53. The van der Waals surface area contributed by atoms with Gasteiger partial charge in [0.05, 0.1) is 5.92 Å². The first-order chi connectivity index (χ1) is 5.70. The Balaban J connectivity index is 2.24. The number of carbonyl (C=O) groups excluding carboxylic acids is 1. The summed E-state index contributed by atoms with van der Waals surface area (Å²) < 4.78 is 0. The second kappa shape index (κ2) is 4.45. The van der Waals surface area contributed by atoms with E-state index in [2.05, 4.69) is 0 Å². The topological polar surface area (TPSA) is 29.5 Å². The Labute approximate surface area is 73.6 Å². The standard InChI is InChI=1S/C9H17NO2/c1-8(2)9(11)12-10-6-4-3-5-7-10/h8H,3-7H2,1-2H3. The van der Waals surface area contributed by atoms with E-state index in [-0.39, 0.29) is 11.9 Å². The van der Waals surface area contributed by atoms with Crippen LogP contribution >= 0.6 is 0 Å². The predicted molar refractivity (Wildman–Crippen MR) is 46.4 cm³/mol. The largest absolute Gasteiger partial charge is 0.368 e. The summed E-state index contributed by atoms with van der Waals surface area (Å²) in [5, 5.41) is 1.78. The third-order valence-corrected chi connectivity index (χ3v) is 2.01. The van der Waals surface area contributed by atoms with Gasteiger partial charge < -0.3 is 4.84 Å². The molecule has 0 saturated carbocycles. The van der Waals surface area contributed by atoms with E-state index in [1.54, 1.807) is 5.06 Å². The minimum absolute atomic E-state index is 0.0214. The molecule has 0 aromatic carbocycles. The van der Waals surface area contributed by atoms with Gasteiger partial charge in [0.2, 0.25) is 0 Å². The van der Waals surface area contributed by atoms with E-state index in [1.807, 2.05) is 13.8 Å². The molecule has 70 valence electrons. The van der Waals surface area contributed by atoms with Crippen molar-refractivity contribution in [3.8, 4) is 0 Å². The average molecular weight is 171 g/mol. The van der Waals surface area contributed by atoms with Crippen LogP contribution < -0.4 is 0 Å².